The monoisotopic (exact) mass is 269 g/mol. The highest BCUT2D eigenvalue weighted by molar-refractivity contribution is 6.31. The Labute approximate surface area is 109 Å². The summed E-state index contributed by atoms with van der Waals surface area (Å²) < 4.78 is 10.3. The standard InChI is InChI=1S/C12H12ClNO4/c1-3-17-11(16)12(2)10(15)14-8-6-7(13)4-5-9(8)18-12/h4-6H,3H2,1-2H3,(H,14,15)/t12-/m0/s1. The van der Waals surface area contributed by atoms with Crippen LogP contribution in [0.3, 0.4) is 0 Å². The summed E-state index contributed by atoms with van der Waals surface area (Å²) in [5.41, 5.74) is -1.23. The van der Waals surface area contributed by atoms with E-state index in [0.717, 1.165) is 0 Å². The number of hydrogen-bond acceptors (Lipinski definition) is 4. The quantitative estimate of drug-likeness (QED) is 0.659. The fourth-order valence-corrected chi connectivity index (χ4v) is 1.77. The van der Waals surface area contributed by atoms with Crippen molar-refractivity contribution in [1.82, 2.24) is 0 Å². The van der Waals surface area contributed by atoms with Crippen molar-refractivity contribution in [3.05, 3.63) is 23.2 Å². The van der Waals surface area contributed by atoms with E-state index in [1.54, 1.807) is 25.1 Å². The summed E-state index contributed by atoms with van der Waals surface area (Å²) in [6.07, 6.45) is 0. The van der Waals surface area contributed by atoms with Gasteiger partial charge in [0.25, 0.3) is 11.5 Å². The molecule has 5 nitrogen and oxygen atoms in total. The molecule has 1 aromatic carbocycles. The molecule has 1 N–H and O–H groups in total. The molecule has 1 aliphatic rings. The molecule has 0 saturated carbocycles. The van der Waals surface area contributed by atoms with E-state index in [2.05, 4.69) is 5.32 Å². The Morgan fingerprint density at radius 3 is 2.94 bits per heavy atom. The maximum Gasteiger partial charge on any atom is 0.360 e. The molecule has 0 fully saturated rings. The minimum atomic E-state index is -1.67. The van der Waals surface area contributed by atoms with Crippen LogP contribution in [0.15, 0.2) is 18.2 Å². The number of rotatable bonds is 2. The van der Waals surface area contributed by atoms with Crippen LogP contribution < -0.4 is 10.1 Å². The Morgan fingerprint density at radius 1 is 1.56 bits per heavy atom. The van der Waals surface area contributed by atoms with E-state index in [0.29, 0.717) is 16.5 Å². The Morgan fingerprint density at radius 2 is 2.28 bits per heavy atom. The number of benzene rings is 1. The number of carbonyl (C=O) groups is 2. The Hall–Kier alpha value is -1.75. The van der Waals surface area contributed by atoms with Gasteiger partial charge in [0, 0.05) is 5.02 Å². The van der Waals surface area contributed by atoms with Crippen LogP contribution in [-0.4, -0.2) is 24.1 Å². The van der Waals surface area contributed by atoms with Crippen LogP contribution in [0.5, 0.6) is 5.75 Å². The van der Waals surface area contributed by atoms with Gasteiger partial charge >= 0.3 is 5.97 Å². The van der Waals surface area contributed by atoms with Crippen molar-refractivity contribution in [2.45, 2.75) is 19.4 Å². The summed E-state index contributed by atoms with van der Waals surface area (Å²) in [5, 5.41) is 3.05. The largest absolute Gasteiger partial charge is 0.464 e. The first-order valence-corrected chi connectivity index (χ1v) is 5.82. The average Bonchev–Trinajstić information content (AvgIpc) is 2.31. The molecule has 1 atom stereocenters. The van der Waals surface area contributed by atoms with Crippen LogP contribution >= 0.6 is 11.6 Å². The van der Waals surface area contributed by atoms with Crippen LogP contribution in [0.2, 0.25) is 5.02 Å². The molecule has 1 aromatic rings. The molecule has 0 unspecified atom stereocenters. The summed E-state index contributed by atoms with van der Waals surface area (Å²) in [7, 11) is 0. The number of halogens is 1. The van der Waals surface area contributed by atoms with Gasteiger partial charge < -0.3 is 14.8 Å². The van der Waals surface area contributed by atoms with Crippen molar-refractivity contribution in [2.75, 3.05) is 11.9 Å². The minimum absolute atomic E-state index is 0.179. The molecule has 0 spiro atoms. The van der Waals surface area contributed by atoms with Crippen LogP contribution in [0, 0.1) is 0 Å². The topological polar surface area (TPSA) is 64.6 Å². The lowest BCUT2D eigenvalue weighted by molar-refractivity contribution is -0.165. The maximum atomic E-state index is 11.9. The lowest BCUT2D eigenvalue weighted by Crippen LogP contribution is -2.55. The number of esters is 1. The second-order valence-corrected chi connectivity index (χ2v) is 4.39. The van der Waals surface area contributed by atoms with Gasteiger partial charge in [-0.3, -0.25) is 4.79 Å². The van der Waals surface area contributed by atoms with Gasteiger partial charge in [-0.05, 0) is 32.0 Å². The molecule has 18 heavy (non-hydrogen) atoms. The zero-order valence-corrected chi connectivity index (χ0v) is 10.7. The SMILES string of the molecule is CCOC(=O)[C@@]1(C)Oc2ccc(Cl)cc2NC1=O. The second kappa shape index (κ2) is 4.49. The van der Waals surface area contributed by atoms with Crippen LogP contribution in [-0.2, 0) is 14.3 Å². The molecular formula is C12H12ClNO4. The number of fused-ring (bicyclic) bond motifs is 1. The first-order valence-electron chi connectivity index (χ1n) is 5.44. The van der Waals surface area contributed by atoms with Gasteiger partial charge in [0.05, 0.1) is 12.3 Å². The molecule has 0 aromatic heterocycles. The highest BCUT2D eigenvalue weighted by Crippen LogP contribution is 2.35. The summed E-state index contributed by atoms with van der Waals surface area (Å²) in [6.45, 7) is 3.21. The Balaban J connectivity index is 2.36. The van der Waals surface area contributed by atoms with Gasteiger partial charge in [-0.2, -0.15) is 0 Å². The van der Waals surface area contributed by atoms with Crippen LogP contribution in [0.4, 0.5) is 5.69 Å². The third kappa shape index (κ3) is 2.01. The molecule has 6 heteroatoms. The van der Waals surface area contributed by atoms with Crippen molar-refractivity contribution in [3.8, 4) is 5.75 Å². The molecule has 2 rings (SSSR count). The third-order valence-corrected chi connectivity index (χ3v) is 2.84. The summed E-state index contributed by atoms with van der Waals surface area (Å²) in [6, 6.07) is 4.76. The van der Waals surface area contributed by atoms with E-state index in [9.17, 15) is 9.59 Å². The van der Waals surface area contributed by atoms with Crippen molar-refractivity contribution in [2.24, 2.45) is 0 Å². The number of ether oxygens (including phenoxy) is 2. The number of carbonyl (C=O) groups excluding carboxylic acids is 2. The molecule has 0 aliphatic carbocycles. The van der Waals surface area contributed by atoms with E-state index in [1.807, 2.05) is 0 Å². The van der Waals surface area contributed by atoms with Gasteiger partial charge in [0.1, 0.15) is 5.75 Å². The van der Waals surface area contributed by atoms with Gasteiger partial charge in [-0.25, -0.2) is 4.79 Å². The predicted molar refractivity (Wildman–Crippen MR) is 65.7 cm³/mol. The zero-order chi connectivity index (χ0) is 13.3. The van der Waals surface area contributed by atoms with Crippen molar-refractivity contribution >= 4 is 29.2 Å². The lowest BCUT2D eigenvalue weighted by Gasteiger charge is -2.32. The molecule has 1 heterocycles. The minimum Gasteiger partial charge on any atom is -0.464 e. The molecular weight excluding hydrogens is 258 g/mol. The smallest absolute Gasteiger partial charge is 0.360 e. The maximum absolute atomic E-state index is 11.9. The highest BCUT2D eigenvalue weighted by Gasteiger charge is 2.48. The van der Waals surface area contributed by atoms with Gasteiger partial charge in [-0.15, -0.1) is 0 Å². The lowest BCUT2D eigenvalue weighted by atomic mass is 10.0. The predicted octanol–water partition coefficient (Wildman–Crippen LogP) is 1.99. The summed E-state index contributed by atoms with van der Waals surface area (Å²) >= 11 is 5.81. The van der Waals surface area contributed by atoms with Crippen molar-refractivity contribution in [1.29, 1.82) is 0 Å². The van der Waals surface area contributed by atoms with Crippen LogP contribution in [0.1, 0.15) is 13.8 Å². The first kappa shape index (κ1) is 12.7. The molecule has 0 bridgehead atoms. The Kier molecular flexibility index (Phi) is 3.17. The number of anilines is 1. The second-order valence-electron chi connectivity index (χ2n) is 3.95. The summed E-state index contributed by atoms with van der Waals surface area (Å²) in [4.78, 5) is 23.7. The highest BCUT2D eigenvalue weighted by atomic mass is 35.5. The first-order chi connectivity index (χ1) is 8.47. The van der Waals surface area contributed by atoms with Crippen LogP contribution in [0.25, 0.3) is 0 Å². The van der Waals surface area contributed by atoms with E-state index < -0.39 is 17.5 Å². The van der Waals surface area contributed by atoms with Gasteiger partial charge in [0.2, 0.25) is 0 Å². The zero-order valence-electron chi connectivity index (χ0n) is 9.95. The molecule has 0 saturated heterocycles. The summed E-state index contributed by atoms with van der Waals surface area (Å²) in [5.74, 6) is -0.909. The van der Waals surface area contributed by atoms with E-state index >= 15 is 0 Å². The normalized spacial score (nSPS) is 21.6. The molecule has 1 aliphatic heterocycles. The number of nitrogens with one attached hydrogen (secondary N) is 1. The average molecular weight is 270 g/mol. The van der Waals surface area contributed by atoms with Crippen molar-refractivity contribution in [3.63, 3.8) is 0 Å². The molecule has 96 valence electrons. The number of amides is 1. The Bertz CT molecular complexity index is 517. The van der Waals surface area contributed by atoms with Gasteiger partial charge in [0.15, 0.2) is 0 Å². The molecule has 0 radical (unpaired) electrons. The van der Waals surface area contributed by atoms with E-state index in [4.69, 9.17) is 21.1 Å². The molecule has 1 amide bonds. The third-order valence-electron chi connectivity index (χ3n) is 2.60. The fraction of sp³-hybridized carbons (Fsp3) is 0.333. The van der Waals surface area contributed by atoms with Gasteiger partial charge in [-0.1, -0.05) is 11.6 Å². The van der Waals surface area contributed by atoms with E-state index in [-0.39, 0.29) is 6.61 Å². The fourth-order valence-electron chi connectivity index (χ4n) is 1.60. The van der Waals surface area contributed by atoms with Crippen molar-refractivity contribution < 1.29 is 19.1 Å². The van der Waals surface area contributed by atoms with E-state index in [1.165, 1.54) is 6.92 Å². The number of hydrogen-bond donors (Lipinski definition) is 1.